The maximum Gasteiger partial charge on any atom is 0.408 e. The molecule has 1 saturated heterocycles. The van der Waals surface area contributed by atoms with E-state index in [4.69, 9.17) is 15.9 Å². The topological polar surface area (TPSA) is 123 Å². The first-order chi connectivity index (χ1) is 12.6. The van der Waals surface area contributed by atoms with Crippen LogP contribution in [0.1, 0.15) is 40.0 Å². The van der Waals surface area contributed by atoms with Gasteiger partial charge in [0.05, 0.1) is 7.11 Å². The molecule has 0 saturated carbocycles. The summed E-state index contributed by atoms with van der Waals surface area (Å²) in [5, 5.41) is 7.57. The Kier molecular flexibility index (Phi) is 8.09. The molecule has 9 heteroatoms. The minimum absolute atomic E-state index is 0.0944. The molecule has 0 aliphatic carbocycles. The van der Waals surface area contributed by atoms with Gasteiger partial charge in [-0.1, -0.05) is 0 Å². The number of rotatable bonds is 7. The lowest BCUT2D eigenvalue weighted by molar-refractivity contribution is -0.146. The van der Waals surface area contributed by atoms with Gasteiger partial charge in [-0.3, -0.25) is 9.59 Å². The van der Waals surface area contributed by atoms with Crippen molar-refractivity contribution >= 4 is 23.9 Å². The second kappa shape index (κ2) is 9.80. The molecule has 1 aliphatic rings. The second-order valence-corrected chi connectivity index (χ2v) is 7.20. The zero-order chi connectivity index (χ0) is 20.6. The fraction of sp³-hybridized carbons (Fsp3) is 0.667. The highest BCUT2D eigenvalue weighted by atomic mass is 16.6. The van der Waals surface area contributed by atoms with Crippen LogP contribution in [0.3, 0.4) is 0 Å². The number of carbonyl (C=O) groups is 4. The molecule has 0 spiro atoms. The Labute approximate surface area is 158 Å². The summed E-state index contributed by atoms with van der Waals surface area (Å²) in [6.45, 7) is 5.57. The van der Waals surface area contributed by atoms with Gasteiger partial charge in [-0.25, -0.2) is 9.59 Å². The van der Waals surface area contributed by atoms with Gasteiger partial charge in [0.2, 0.25) is 11.8 Å². The van der Waals surface area contributed by atoms with Gasteiger partial charge in [0.15, 0.2) is 0 Å². The van der Waals surface area contributed by atoms with Gasteiger partial charge in [-0.05, 0) is 33.6 Å². The lowest BCUT2D eigenvalue weighted by Crippen LogP contribution is -2.53. The Balaban J connectivity index is 2.79. The summed E-state index contributed by atoms with van der Waals surface area (Å²) in [5.74, 6) is 0.383. The minimum Gasteiger partial charge on any atom is -0.467 e. The predicted molar refractivity (Wildman–Crippen MR) is 96.3 cm³/mol. The van der Waals surface area contributed by atoms with E-state index in [1.165, 1.54) is 7.11 Å². The molecule has 0 aromatic heterocycles. The summed E-state index contributed by atoms with van der Waals surface area (Å²) in [6, 6.07) is -2.12. The fourth-order valence-electron chi connectivity index (χ4n) is 2.56. The van der Waals surface area contributed by atoms with Crippen molar-refractivity contribution in [1.82, 2.24) is 16.0 Å². The maximum atomic E-state index is 12.5. The number of alkyl carbamates (subject to hydrolysis) is 1. The number of carbonyl (C=O) groups excluding carboxylic acids is 4. The second-order valence-electron chi connectivity index (χ2n) is 7.20. The monoisotopic (exact) mass is 381 g/mol. The molecule has 9 nitrogen and oxygen atoms in total. The highest BCUT2D eigenvalue weighted by molar-refractivity contribution is 5.90. The van der Waals surface area contributed by atoms with Crippen molar-refractivity contribution in [3.8, 4) is 12.3 Å². The van der Waals surface area contributed by atoms with E-state index in [0.717, 1.165) is 0 Å². The lowest BCUT2D eigenvalue weighted by Gasteiger charge is -2.24. The third kappa shape index (κ3) is 7.56. The number of hydrogen-bond acceptors (Lipinski definition) is 6. The lowest BCUT2D eigenvalue weighted by atomic mass is 9.98. The van der Waals surface area contributed by atoms with Crippen LogP contribution in [0.5, 0.6) is 0 Å². The van der Waals surface area contributed by atoms with E-state index >= 15 is 0 Å². The highest BCUT2D eigenvalue weighted by Gasteiger charge is 2.33. The third-order valence-corrected chi connectivity index (χ3v) is 3.81. The van der Waals surface area contributed by atoms with Crippen molar-refractivity contribution in [3.63, 3.8) is 0 Å². The average Bonchev–Trinajstić information content (AvgIpc) is 2.96. The number of amides is 3. The van der Waals surface area contributed by atoms with Crippen LogP contribution in [0, 0.1) is 18.3 Å². The molecule has 0 unspecified atom stereocenters. The molecule has 3 atom stereocenters. The third-order valence-electron chi connectivity index (χ3n) is 3.81. The molecule has 0 radical (unpaired) electrons. The van der Waals surface area contributed by atoms with Gasteiger partial charge in [-0.15, -0.1) is 12.3 Å². The Morgan fingerprint density at radius 1 is 1.30 bits per heavy atom. The van der Waals surface area contributed by atoms with Crippen molar-refractivity contribution in [2.24, 2.45) is 5.92 Å². The first-order valence-corrected chi connectivity index (χ1v) is 8.66. The summed E-state index contributed by atoms with van der Waals surface area (Å²) < 4.78 is 9.82. The number of nitrogens with one attached hydrogen (secondary N) is 3. The smallest absolute Gasteiger partial charge is 0.408 e. The van der Waals surface area contributed by atoms with E-state index in [1.54, 1.807) is 20.8 Å². The van der Waals surface area contributed by atoms with Gasteiger partial charge < -0.3 is 25.4 Å². The molecular weight excluding hydrogens is 354 g/mol. The van der Waals surface area contributed by atoms with E-state index < -0.39 is 41.6 Å². The zero-order valence-electron chi connectivity index (χ0n) is 16.1. The number of methoxy groups -OCH3 is 1. The summed E-state index contributed by atoms with van der Waals surface area (Å²) in [6.07, 6.45) is 5.03. The van der Waals surface area contributed by atoms with Gasteiger partial charge >= 0.3 is 12.1 Å². The van der Waals surface area contributed by atoms with Crippen LogP contribution in [0.25, 0.3) is 0 Å². The quantitative estimate of drug-likeness (QED) is 0.424. The molecule has 1 fully saturated rings. The molecule has 150 valence electrons. The molecule has 0 aromatic carbocycles. The number of ether oxygens (including phenoxy) is 2. The van der Waals surface area contributed by atoms with Crippen molar-refractivity contribution in [1.29, 1.82) is 0 Å². The fourth-order valence-corrected chi connectivity index (χ4v) is 2.56. The van der Waals surface area contributed by atoms with Gasteiger partial charge in [0.1, 0.15) is 17.7 Å². The number of hydrogen-bond donors (Lipinski definition) is 3. The van der Waals surface area contributed by atoms with Gasteiger partial charge in [0, 0.05) is 18.9 Å². The van der Waals surface area contributed by atoms with Crippen molar-refractivity contribution < 1.29 is 28.7 Å². The van der Waals surface area contributed by atoms with Crippen LogP contribution < -0.4 is 16.0 Å². The van der Waals surface area contributed by atoms with Gasteiger partial charge in [0.25, 0.3) is 0 Å². The molecule has 1 heterocycles. The van der Waals surface area contributed by atoms with E-state index in [-0.39, 0.29) is 18.7 Å². The summed E-state index contributed by atoms with van der Waals surface area (Å²) in [5.41, 5.74) is -0.744. The SMILES string of the molecule is C#CC[C@H](NC(=O)OC(C)(C)C)C(=O)N[C@@H](C[C@@H]1CCNC1=O)C(=O)OC. The first-order valence-electron chi connectivity index (χ1n) is 8.66. The molecular formula is C18H27N3O6. The van der Waals surface area contributed by atoms with Crippen LogP contribution >= 0.6 is 0 Å². The van der Waals surface area contributed by atoms with E-state index in [1.807, 2.05) is 0 Å². The van der Waals surface area contributed by atoms with Crippen LogP contribution in [0.15, 0.2) is 0 Å². The molecule has 27 heavy (non-hydrogen) atoms. The van der Waals surface area contributed by atoms with Gasteiger partial charge in [-0.2, -0.15) is 0 Å². The summed E-state index contributed by atoms with van der Waals surface area (Å²) in [4.78, 5) is 48.2. The van der Waals surface area contributed by atoms with Crippen LogP contribution in [-0.4, -0.2) is 55.2 Å². The average molecular weight is 381 g/mol. The minimum atomic E-state index is -1.09. The molecule has 1 rings (SSSR count). The predicted octanol–water partition coefficient (Wildman–Crippen LogP) is 0.0870. The van der Waals surface area contributed by atoms with Crippen LogP contribution in [0.4, 0.5) is 4.79 Å². The van der Waals surface area contributed by atoms with E-state index in [2.05, 4.69) is 21.9 Å². The van der Waals surface area contributed by atoms with Crippen LogP contribution in [-0.2, 0) is 23.9 Å². The maximum absolute atomic E-state index is 12.5. The van der Waals surface area contributed by atoms with Crippen molar-refractivity contribution in [3.05, 3.63) is 0 Å². The number of esters is 1. The largest absolute Gasteiger partial charge is 0.467 e. The Morgan fingerprint density at radius 3 is 2.44 bits per heavy atom. The number of terminal acetylenes is 1. The van der Waals surface area contributed by atoms with Crippen molar-refractivity contribution in [2.75, 3.05) is 13.7 Å². The Hall–Kier alpha value is -2.76. The normalized spacial score (nSPS) is 18.5. The standard InChI is InChI=1S/C18H27N3O6/c1-6-7-12(21-17(25)27-18(2,3)4)15(23)20-13(16(24)26-5)10-11-8-9-19-14(11)22/h1,11-13H,7-10H2,2-5H3,(H,19,22)(H,20,23)(H,21,25)/t11-,12-,13-/m0/s1. The van der Waals surface area contributed by atoms with Crippen molar-refractivity contribution in [2.45, 2.75) is 57.7 Å². The first kappa shape index (κ1) is 22.3. The molecule has 0 bridgehead atoms. The molecule has 1 aliphatic heterocycles. The Bertz CT molecular complexity index is 620. The van der Waals surface area contributed by atoms with Crippen LogP contribution in [0.2, 0.25) is 0 Å². The zero-order valence-corrected chi connectivity index (χ0v) is 16.1. The Morgan fingerprint density at radius 2 is 1.96 bits per heavy atom. The summed E-state index contributed by atoms with van der Waals surface area (Å²) in [7, 11) is 1.19. The molecule has 3 amide bonds. The molecule has 0 aromatic rings. The van der Waals surface area contributed by atoms with E-state index in [0.29, 0.717) is 13.0 Å². The molecule has 3 N–H and O–H groups in total. The van der Waals surface area contributed by atoms with E-state index in [9.17, 15) is 19.2 Å². The summed E-state index contributed by atoms with van der Waals surface area (Å²) >= 11 is 0. The highest BCUT2D eigenvalue weighted by Crippen LogP contribution is 2.17.